The number of primary amides is 1. The van der Waals surface area contributed by atoms with Crippen LogP contribution in [0, 0.1) is 0 Å². The van der Waals surface area contributed by atoms with Gasteiger partial charge in [-0.15, -0.1) is 0 Å². The highest BCUT2D eigenvalue weighted by molar-refractivity contribution is 5.87. The number of carbonyl (C=O) groups excluding carboxylic acids is 2. The van der Waals surface area contributed by atoms with E-state index in [2.05, 4.69) is 20.6 Å². The van der Waals surface area contributed by atoms with Crippen molar-refractivity contribution < 1.29 is 9.59 Å². The highest BCUT2D eigenvalue weighted by Gasteiger charge is 2.18. The largest absolute Gasteiger partial charge is 0.368 e. The van der Waals surface area contributed by atoms with E-state index < -0.39 is 11.9 Å². The molecular weight excluding hydrogens is 210 g/mol. The normalized spacial score (nSPS) is 12.1. The van der Waals surface area contributed by atoms with Crippen molar-refractivity contribution >= 4 is 11.8 Å². The number of nitrogens with two attached hydrogens (primary N) is 1. The summed E-state index contributed by atoms with van der Waals surface area (Å²) in [5, 5.41) is 5.22. The molecule has 16 heavy (non-hydrogen) atoms. The molecule has 0 spiro atoms. The van der Waals surface area contributed by atoms with Crippen molar-refractivity contribution in [1.82, 2.24) is 20.6 Å². The first-order valence-corrected chi connectivity index (χ1v) is 4.84. The van der Waals surface area contributed by atoms with E-state index >= 15 is 0 Å². The molecule has 0 radical (unpaired) electrons. The van der Waals surface area contributed by atoms with E-state index in [1.807, 2.05) is 0 Å². The molecule has 1 heterocycles. The lowest BCUT2D eigenvalue weighted by Crippen LogP contribution is -2.48. The summed E-state index contributed by atoms with van der Waals surface area (Å²) in [7, 11) is 1.65. The summed E-state index contributed by atoms with van der Waals surface area (Å²) in [6.45, 7) is 0.146. The molecule has 1 aromatic rings. The number of hydrogen-bond acceptors (Lipinski definition) is 4. The molecule has 7 nitrogen and oxygen atoms in total. The maximum atomic E-state index is 11.3. The van der Waals surface area contributed by atoms with Gasteiger partial charge in [0.05, 0.1) is 12.9 Å². The average Bonchev–Trinajstić information content (AvgIpc) is 2.69. The standard InChI is InChI=1S/C9H15N5O2/c1-11-4-8(15)14-7(9(10)16)2-6-3-12-5-13-6/h3,5,7,11H,2,4H2,1H3,(H2,10,16)(H,12,13)(H,14,15). The fraction of sp³-hybridized carbons (Fsp3) is 0.444. The number of amides is 2. The molecule has 0 bridgehead atoms. The SMILES string of the molecule is CNCC(=O)NC(Cc1cnc[nH]1)C(N)=O. The number of likely N-dealkylation sites (N-methyl/N-ethyl adjacent to an activating group) is 1. The third kappa shape index (κ3) is 3.70. The maximum Gasteiger partial charge on any atom is 0.240 e. The van der Waals surface area contributed by atoms with Gasteiger partial charge in [-0.2, -0.15) is 0 Å². The highest BCUT2D eigenvalue weighted by Crippen LogP contribution is 1.97. The Morgan fingerprint density at radius 3 is 2.88 bits per heavy atom. The molecule has 0 aliphatic rings. The third-order valence-electron chi connectivity index (χ3n) is 1.99. The fourth-order valence-corrected chi connectivity index (χ4v) is 1.24. The summed E-state index contributed by atoms with van der Waals surface area (Å²) in [4.78, 5) is 29.1. The van der Waals surface area contributed by atoms with Crippen LogP contribution in [0.5, 0.6) is 0 Å². The van der Waals surface area contributed by atoms with Crippen LogP contribution < -0.4 is 16.4 Å². The van der Waals surface area contributed by atoms with Gasteiger partial charge in [-0.3, -0.25) is 9.59 Å². The van der Waals surface area contributed by atoms with Gasteiger partial charge in [0.25, 0.3) is 0 Å². The van der Waals surface area contributed by atoms with Crippen molar-refractivity contribution in [2.75, 3.05) is 13.6 Å². The number of imidazole rings is 1. The lowest BCUT2D eigenvalue weighted by molar-refractivity contribution is -0.126. The Labute approximate surface area is 92.8 Å². The first-order valence-electron chi connectivity index (χ1n) is 4.84. The number of nitrogens with one attached hydrogen (secondary N) is 3. The molecule has 0 aromatic carbocycles. The lowest BCUT2D eigenvalue weighted by atomic mass is 10.1. The van der Waals surface area contributed by atoms with Crippen LogP contribution in [0.15, 0.2) is 12.5 Å². The number of rotatable bonds is 6. The summed E-state index contributed by atoms with van der Waals surface area (Å²) in [6, 6.07) is -0.721. The second-order valence-corrected chi connectivity index (χ2v) is 3.33. The summed E-state index contributed by atoms with van der Waals surface area (Å²) < 4.78 is 0. The zero-order valence-electron chi connectivity index (χ0n) is 8.99. The van der Waals surface area contributed by atoms with Gasteiger partial charge in [-0.25, -0.2) is 4.98 Å². The number of hydrogen-bond donors (Lipinski definition) is 4. The third-order valence-corrected chi connectivity index (χ3v) is 1.99. The van der Waals surface area contributed by atoms with E-state index in [9.17, 15) is 9.59 Å². The fourth-order valence-electron chi connectivity index (χ4n) is 1.24. The van der Waals surface area contributed by atoms with Crippen LogP contribution in [-0.4, -0.2) is 41.4 Å². The van der Waals surface area contributed by atoms with Crippen molar-refractivity contribution in [3.05, 3.63) is 18.2 Å². The number of aromatic nitrogens is 2. The second-order valence-electron chi connectivity index (χ2n) is 3.33. The molecule has 0 saturated carbocycles. The molecule has 88 valence electrons. The van der Waals surface area contributed by atoms with Gasteiger partial charge in [-0.05, 0) is 7.05 Å². The first-order chi connectivity index (χ1) is 7.63. The molecule has 1 unspecified atom stereocenters. The van der Waals surface area contributed by atoms with Gasteiger partial charge >= 0.3 is 0 Å². The molecule has 7 heteroatoms. The van der Waals surface area contributed by atoms with E-state index in [4.69, 9.17) is 5.73 Å². The summed E-state index contributed by atoms with van der Waals surface area (Å²) in [6.07, 6.45) is 3.40. The second kappa shape index (κ2) is 5.86. The Morgan fingerprint density at radius 2 is 2.38 bits per heavy atom. The minimum absolute atomic E-state index is 0.146. The average molecular weight is 225 g/mol. The first kappa shape index (κ1) is 12.2. The van der Waals surface area contributed by atoms with Crippen molar-refractivity contribution in [3.8, 4) is 0 Å². The Balaban J connectivity index is 2.54. The molecule has 1 rings (SSSR count). The van der Waals surface area contributed by atoms with E-state index in [0.717, 1.165) is 5.69 Å². The molecule has 0 saturated heterocycles. The monoisotopic (exact) mass is 225 g/mol. The Kier molecular flexibility index (Phi) is 4.46. The molecule has 5 N–H and O–H groups in total. The van der Waals surface area contributed by atoms with Gasteiger partial charge < -0.3 is 21.4 Å². The number of H-pyrrole nitrogens is 1. The van der Waals surface area contributed by atoms with Crippen LogP contribution in [-0.2, 0) is 16.0 Å². The minimum atomic E-state index is -0.721. The molecular formula is C9H15N5O2. The zero-order valence-corrected chi connectivity index (χ0v) is 8.99. The predicted octanol–water partition coefficient (Wildman–Crippen LogP) is -1.86. The smallest absolute Gasteiger partial charge is 0.240 e. The van der Waals surface area contributed by atoms with Gasteiger partial charge in [0.1, 0.15) is 6.04 Å². The van der Waals surface area contributed by atoms with Crippen LogP contribution in [0.1, 0.15) is 5.69 Å². The molecule has 0 fully saturated rings. The van der Waals surface area contributed by atoms with Crippen LogP contribution in [0.25, 0.3) is 0 Å². The van der Waals surface area contributed by atoms with Crippen LogP contribution in [0.3, 0.4) is 0 Å². The molecule has 1 atom stereocenters. The van der Waals surface area contributed by atoms with Gasteiger partial charge in [0.15, 0.2) is 0 Å². The van der Waals surface area contributed by atoms with Crippen LogP contribution in [0.4, 0.5) is 0 Å². The van der Waals surface area contributed by atoms with Crippen molar-refractivity contribution in [3.63, 3.8) is 0 Å². The van der Waals surface area contributed by atoms with Crippen molar-refractivity contribution in [2.45, 2.75) is 12.5 Å². The van der Waals surface area contributed by atoms with E-state index in [0.29, 0.717) is 6.42 Å². The van der Waals surface area contributed by atoms with Gasteiger partial charge in [-0.1, -0.05) is 0 Å². The Hall–Kier alpha value is -1.89. The maximum absolute atomic E-state index is 11.3. The summed E-state index contributed by atoms with van der Waals surface area (Å²) >= 11 is 0. The van der Waals surface area contributed by atoms with Gasteiger partial charge in [0, 0.05) is 18.3 Å². The Bertz CT molecular complexity index is 349. The predicted molar refractivity (Wildman–Crippen MR) is 57.3 cm³/mol. The zero-order chi connectivity index (χ0) is 12.0. The van der Waals surface area contributed by atoms with E-state index in [1.165, 1.54) is 6.33 Å². The van der Waals surface area contributed by atoms with Crippen LogP contribution in [0.2, 0.25) is 0 Å². The minimum Gasteiger partial charge on any atom is -0.368 e. The van der Waals surface area contributed by atoms with Crippen molar-refractivity contribution in [1.29, 1.82) is 0 Å². The van der Waals surface area contributed by atoms with E-state index in [1.54, 1.807) is 13.2 Å². The Morgan fingerprint density at radius 1 is 1.62 bits per heavy atom. The summed E-state index contributed by atoms with van der Waals surface area (Å²) in [5.41, 5.74) is 5.93. The van der Waals surface area contributed by atoms with Gasteiger partial charge in [0.2, 0.25) is 11.8 Å². The number of carbonyl (C=O) groups is 2. The topological polar surface area (TPSA) is 113 Å². The molecule has 1 aromatic heterocycles. The van der Waals surface area contributed by atoms with Crippen molar-refractivity contribution in [2.24, 2.45) is 5.73 Å². The molecule has 0 aliphatic heterocycles. The highest BCUT2D eigenvalue weighted by atomic mass is 16.2. The number of aromatic amines is 1. The molecule has 0 aliphatic carbocycles. The lowest BCUT2D eigenvalue weighted by Gasteiger charge is -2.14. The van der Waals surface area contributed by atoms with Crippen LogP contribution >= 0.6 is 0 Å². The quantitative estimate of drug-likeness (QED) is 0.454. The summed E-state index contributed by atoms with van der Waals surface area (Å²) in [5.74, 6) is -0.843. The molecule has 2 amide bonds. The van der Waals surface area contributed by atoms with E-state index in [-0.39, 0.29) is 12.5 Å². The number of nitrogens with zero attached hydrogens (tertiary/aromatic N) is 1.